The number of imidazole rings is 1. The molecule has 1 N–H and O–H groups in total. The molecule has 0 atom stereocenters. The molecule has 31 heavy (non-hydrogen) atoms. The van der Waals surface area contributed by atoms with Crippen LogP contribution in [0.5, 0.6) is 5.75 Å². The summed E-state index contributed by atoms with van der Waals surface area (Å²) in [4.78, 5) is 11.7. The van der Waals surface area contributed by atoms with Crippen LogP contribution in [0.1, 0.15) is 17.7 Å². The third-order valence-corrected chi connectivity index (χ3v) is 5.95. The third kappa shape index (κ3) is 3.86. The number of ether oxygens (including phenoxy) is 1. The average molecular weight is 414 g/mol. The minimum absolute atomic E-state index is 0.633. The summed E-state index contributed by atoms with van der Waals surface area (Å²) < 4.78 is 7.74. The van der Waals surface area contributed by atoms with Gasteiger partial charge in [-0.3, -0.25) is 4.99 Å². The van der Waals surface area contributed by atoms with Crippen LogP contribution in [-0.4, -0.2) is 42.1 Å². The van der Waals surface area contributed by atoms with Gasteiger partial charge >= 0.3 is 0 Å². The molecule has 2 aromatic carbocycles. The predicted molar refractivity (Wildman–Crippen MR) is 124 cm³/mol. The zero-order chi connectivity index (χ0) is 21.2. The fourth-order valence-electron chi connectivity index (χ4n) is 4.37. The van der Waals surface area contributed by atoms with Crippen LogP contribution in [0, 0.1) is 6.92 Å². The standard InChI is InChI=1S/C25H27N5O/c1-18-15-29(16-27-18)24-9-8-20(13-25(24)31-2)30-17-28-22(12-19-6-4-3-5-7-19)21-14-26-11-10-23(21)30/h3-9,13,15-16,26H,10-12,14,17H2,1-2H3. The summed E-state index contributed by atoms with van der Waals surface area (Å²) in [6.07, 6.45) is 5.69. The molecular formula is C25H27N5O. The number of nitrogens with zero attached hydrogens (tertiary/aromatic N) is 4. The molecule has 0 unspecified atom stereocenters. The lowest BCUT2D eigenvalue weighted by atomic mass is 9.95. The largest absolute Gasteiger partial charge is 0.494 e. The second-order valence-electron chi connectivity index (χ2n) is 7.97. The van der Waals surface area contributed by atoms with Crippen molar-refractivity contribution in [3.05, 3.63) is 83.6 Å². The second kappa shape index (κ2) is 8.40. The molecule has 0 aliphatic carbocycles. The minimum atomic E-state index is 0.633. The van der Waals surface area contributed by atoms with Gasteiger partial charge in [-0.2, -0.15) is 0 Å². The number of benzene rings is 2. The maximum absolute atomic E-state index is 5.74. The summed E-state index contributed by atoms with van der Waals surface area (Å²) >= 11 is 0. The van der Waals surface area contributed by atoms with Gasteiger partial charge in [0.2, 0.25) is 0 Å². The van der Waals surface area contributed by atoms with Gasteiger partial charge in [-0.05, 0) is 24.6 Å². The van der Waals surface area contributed by atoms with Gasteiger partial charge in [0.25, 0.3) is 0 Å². The fourth-order valence-corrected chi connectivity index (χ4v) is 4.37. The van der Waals surface area contributed by atoms with E-state index in [1.54, 1.807) is 7.11 Å². The number of hydrogen-bond donors (Lipinski definition) is 1. The number of rotatable bonds is 5. The Hall–Kier alpha value is -3.38. The molecule has 0 amide bonds. The summed E-state index contributed by atoms with van der Waals surface area (Å²) in [5.74, 6) is 0.824. The fraction of sp³-hybridized carbons (Fsp3) is 0.280. The Morgan fingerprint density at radius 3 is 2.77 bits per heavy atom. The summed E-state index contributed by atoms with van der Waals surface area (Å²) in [7, 11) is 1.72. The Bertz CT molecular complexity index is 1150. The van der Waals surface area contributed by atoms with E-state index in [4.69, 9.17) is 9.73 Å². The van der Waals surface area contributed by atoms with E-state index in [0.717, 1.165) is 48.7 Å². The summed E-state index contributed by atoms with van der Waals surface area (Å²) in [6, 6.07) is 16.9. The van der Waals surface area contributed by atoms with Crippen molar-refractivity contribution in [2.24, 2.45) is 4.99 Å². The van der Waals surface area contributed by atoms with Crippen molar-refractivity contribution < 1.29 is 4.74 Å². The first-order chi connectivity index (χ1) is 15.2. The van der Waals surface area contributed by atoms with Gasteiger partial charge in [-0.1, -0.05) is 30.3 Å². The Labute approximate surface area is 182 Å². The molecule has 0 saturated carbocycles. The smallest absolute Gasteiger partial charge is 0.144 e. The van der Waals surface area contributed by atoms with Crippen molar-refractivity contribution in [2.75, 3.05) is 31.8 Å². The molecule has 0 saturated heterocycles. The highest BCUT2D eigenvalue weighted by molar-refractivity contribution is 6.04. The zero-order valence-corrected chi connectivity index (χ0v) is 18.0. The molecule has 6 heteroatoms. The van der Waals surface area contributed by atoms with Crippen LogP contribution in [0.25, 0.3) is 5.69 Å². The Kier molecular flexibility index (Phi) is 5.30. The van der Waals surface area contributed by atoms with Crippen molar-refractivity contribution in [3.8, 4) is 11.4 Å². The van der Waals surface area contributed by atoms with Crippen LogP contribution in [0.2, 0.25) is 0 Å². The molecule has 0 bridgehead atoms. The van der Waals surface area contributed by atoms with E-state index < -0.39 is 0 Å². The summed E-state index contributed by atoms with van der Waals surface area (Å²) in [5, 5.41) is 3.53. The molecule has 3 heterocycles. The lowest BCUT2D eigenvalue weighted by Crippen LogP contribution is -2.40. The normalized spacial score (nSPS) is 16.2. The highest BCUT2D eigenvalue weighted by Crippen LogP contribution is 2.34. The van der Waals surface area contributed by atoms with Crippen LogP contribution in [0.15, 0.2) is 77.3 Å². The van der Waals surface area contributed by atoms with Crippen LogP contribution < -0.4 is 15.0 Å². The molecule has 6 nitrogen and oxygen atoms in total. The van der Waals surface area contributed by atoms with Crippen LogP contribution in [-0.2, 0) is 6.42 Å². The van der Waals surface area contributed by atoms with Gasteiger partial charge in [0.05, 0.1) is 24.8 Å². The van der Waals surface area contributed by atoms with Crippen LogP contribution in [0.3, 0.4) is 0 Å². The van der Waals surface area contributed by atoms with Gasteiger partial charge < -0.3 is 19.5 Å². The molecule has 0 spiro atoms. The zero-order valence-electron chi connectivity index (χ0n) is 18.0. The van der Waals surface area contributed by atoms with Crippen molar-refractivity contribution in [3.63, 3.8) is 0 Å². The summed E-state index contributed by atoms with van der Waals surface area (Å²) in [5.41, 5.74) is 8.26. The molecule has 0 radical (unpaired) electrons. The van der Waals surface area contributed by atoms with Crippen molar-refractivity contribution in [1.82, 2.24) is 14.9 Å². The van der Waals surface area contributed by atoms with E-state index in [9.17, 15) is 0 Å². The Balaban J connectivity index is 1.47. The number of anilines is 1. The van der Waals surface area contributed by atoms with Gasteiger partial charge in [-0.15, -0.1) is 0 Å². The molecule has 3 aromatic rings. The molecule has 2 aliphatic rings. The van der Waals surface area contributed by atoms with E-state index in [-0.39, 0.29) is 0 Å². The van der Waals surface area contributed by atoms with Crippen LogP contribution >= 0.6 is 0 Å². The summed E-state index contributed by atoms with van der Waals surface area (Å²) in [6.45, 7) is 4.47. The topological polar surface area (TPSA) is 54.7 Å². The SMILES string of the molecule is COc1cc(N2CN=C(Cc3ccccc3)C3=C2CCNC3)ccc1-n1cnc(C)c1. The molecular weight excluding hydrogens is 386 g/mol. The molecule has 2 aliphatic heterocycles. The number of aryl methyl sites for hydroxylation is 1. The van der Waals surface area contributed by atoms with Crippen molar-refractivity contribution >= 4 is 11.4 Å². The molecule has 158 valence electrons. The predicted octanol–water partition coefficient (Wildman–Crippen LogP) is 3.90. The van der Waals surface area contributed by atoms with E-state index >= 15 is 0 Å². The van der Waals surface area contributed by atoms with Gasteiger partial charge in [0, 0.05) is 60.9 Å². The number of aromatic nitrogens is 2. The first kappa shape index (κ1) is 19.6. The first-order valence-corrected chi connectivity index (χ1v) is 10.7. The van der Waals surface area contributed by atoms with E-state index in [0.29, 0.717) is 6.67 Å². The molecule has 0 fully saturated rings. The van der Waals surface area contributed by atoms with Crippen LogP contribution in [0.4, 0.5) is 5.69 Å². The third-order valence-electron chi connectivity index (χ3n) is 5.95. The molecule has 5 rings (SSSR count). The first-order valence-electron chi connectivity index (χ1n) is 10.7. The Morgan fingerprint density at radius 2 is 2.00 bits per heavy atom. The van der Waals surface area contributed by atoms with Crippen molar-refractivity contribution in [2.45, 2.75) is 19.8 Å². The Morgan fingerprint density at radius 1 is 1.13 bits per heavy atom. The van der Waals surface area contributed by atoms with Gasteiger partial charge in [-0.25, -0.2) is 4.98 Å². The minimum Gasteiger partial charge on any atom is -0.494 e. The lowest BCUT2D eigenvalue weighted by Gasteiger charge is -2.36. The number of hydrogen-bond acceptors (Lipinski definition) is 5. The number of nitrogens with one attached hydrogen (secondary N) is 1. The van der Waals surface area contributed by atoms with E-state index in [1.807, 2.05) is 24.0 Å². The monoisotopic (exact) mass is 413 g/mol. The molecule has 1 aromatic heterocycles. The van der Waals surface area contributed by atoms with E-state index in [2.05, 4.69) is 63.7 Å². The number of aliphatic imine (C=N–C) groups is 1. The van der Waals surface area contributed by atoms with Gasteiger partial charge in [0.1, 0.15) is 12.4 Å². The maximum Gasteiger partial charge on any atom is 0.144 e. The van der Waals surface area contributed by atoms with E-state index in [1.165, 1.54) is 22.5 Å². The number of methoxy groups -OCH3 is 1. The quantitative estimate of drug-likeness (QED) is 0.689. The highest BCUT2D eigenvalue weighted by atomic mass is 16.5. The highest BCUT2D eigenvalue weighted by Gasteiger charge is 2.27. The van der Waals surface area contributed by atoms with Crippen molar-refractivity contribution in [1.29, 1.82) is 0 Å². The average Bonchev–Trinajstić information content (AvgIpc) is 3.25. The van der Waals surface area contributed by atoms with Gasteiger partial charge in [0.15, 0.2) is 0 Å². The maximum atomic E-state index is 5.74. The second-order valence-corrected chi connectivity index (χ2v) is 7.97. The lowest BCUT2D eigenvalue weighted by molar-refractivity contribution is 0.413.